The zero-order chi connectivity index (χ0) is 15.6. The number of hydrogen-bond donors (Lipinski definition) is 2. The van der Waals surface area contributed by atoms with Crippen LogP contribution in [0.2, 0.25) is 5.02 Å². The maximum atomic E-state index is 12.3. The number of carbonyl (C=O) groups is 2. The number of nitrogens with one attached hydrogen (secondary N) is 1. The molecule has 0 radical (unpaired) electrons. The van der Waals surface area contributed by atoms with Crippen molar-refractivity contribution in [3.05, 3.63) is 46.4 Å². The minimum Gasteiger partial charge on any atom is -0.502 e. The number of alkyl carbamates (subject to hydrolysis) is 1. The first kappa shape index (κ1) is 15.2. The Kier molecular flexibility index (Phi) is 4.09. The molecular weight excluding hydrogens is 298 g/mol. The van der Waals surface area contributed by atoms with Crippen LogP contribution in [0, 0.1) is 0 Å². The largest absolute Gasteiger partial charge is 0.502 e. The van der Waals surface area contributed by atoms with Crippen molar-refractivity contribution >= 4 is 23.5 Å². The van der Waals surface area contributed by atoms with Gasteiger partial charge in [0.25, 0.3) is 11.5 Å². The minimum absolute atomic E-state index is 0.0201. The summed E-state index contributed by atoms with van der Waals surface area (Å²) in [6.45, 7) is 3.19. The number of ketones is 1. The summed E-state index contributed by atoms with van der Waals surface area (Å²) in [6.07, 6.45) is -0.830. The van der Waals surface area contributed by atoms with Crippen LogP contribution in [-0.2, 0) is 20.0 Å². The van der Waals surface area contributed by atoms with Gasteiger partial charge in [0.15, 0.2) is 0 Å². The number of aliphatic hydroxyl groups is 1. The standard InChI is InChI=1S/C14H14ClNO5/c1-3-20-13(19)16-14(9-4-6-10(15)7-5-9)12(18)11(17)8(2)21-14/h4-7,17H,3H2,1-2H3,(H,16,19). The highest BCUT2D eigenvalue weighted by Gasteiger charge is 2.52. The molecule has 1 aromatic carbocycles. The molecule has 2 rings (SSSR count). The lowest BCUT2D eigenvalue weighted by atomic mass is 9.98. The smallest absolute Gasteiger partial charge is 0.410 e. The van der Waals surface area contributed by atoms with Gasteiger partial charge in [0.2, 0.25) is 5.76 Å². The highest BCUT2D eigenvalue weighted by Crippen LogP contribution is 2.36. The number of rotatable bonds is 3. The Bertz CT molecular complexity index is 610. The molecule has 0 aromatic heterocycles. The minimum atomic E-state index is -1.84. The van der Waals surface area contributed by atoms with Crippen molar-refractivity contribution in [2.75, 3.05) is 6.61 Å². The summed E-state index contributed by atoms with van der Waals surface area (Å²) in [5.41, 5.74) is -1.52. The van der Waals surface area contributed by atoms with Gasteiger partial charge in [-0.2, -0.15) is 0 Å². The number of hydrogen-bond acceptors (Lipinski definition) is 5. The Labute approximate surface area is 126 Å². The van der Waals surface area contributed by atoms with Crippen LogP contribution in [0.3, 0.4) is 0 Å². The Morgan fingerprint density at radius 2 is 2.05 bits per heavy atom. The predicted octanol–water partition coefficient (Wildman–Crippen LogP) is 2.63. The van der Waals surface area contributed by atoms with E-state index >= 15 is 0 Å². The molecule has 2 N–H and O–H groups in total. The van der Waals surface area contributed by atoms with E-state index in [1.165, 1.54) is 19.1 Å². The number of allylic oxidation sites excluding steroid dienone is 1. The second-order valence-electron chi connectivity index (χ2n) is 4.37. The lowest BCUT2D eigenvalue weighted by Gasteiger charge is -2.28. The summed E-state index contributed by atoms with van der Waals surface area (Å²) in [6, 6.07) is 6.15. The van der Waals surface area contributed by atoms with Gasteiger partial charge in [-0.05, 0) is 26.0 Å². The molecule has 7 heteroatoms. The van der Waals surface area contributed by atoms with Gasteiger partial charge in [-0.15, -0.1) is 0 Å². The zero-order valence-electron chi connectivity index (χ0n) is 11.5. The van der Waals surface area contributed by atoms with E-state index in [0.717, 1.165) is 0 Å². The Hall–Kier alpha value is -2.21. The molecule has 112 valence electrons. The van der Waals surface area contributed by atoms with Gasteiger partial charge < -0.3 is 14.6 Å². The maximum Gasteiger partial charge on any atom is 0.410 e. The maximum absolute atomic E-state index is 12.3. The van der Waals surface area contributed by atoms with Crippen LogP contribution < -0.4 is 5.32 Å². The molecule has 1 aromatic rings. The number of benzene rings is 1. The fourth-order valence-corrected chi connectivity index (χ4v) is 2.12. The van der Waals surface area contributed by atoms with Gasteiger partial charge in [0.05, 0.1) is 6.61 Å². The summed E-state index contributed by atoms with van der Waals surface area (Å²) in [5, 5.41) is 12.6. The van der Waals surface area contributed by atoms with Gasteiger partial charge in [-0.25, -0.2) is 4.79 Å². The van der Waals surface area contributed by atoms with Gasteiger partial charge >= 0.3 is 6.09 Å². The molecule has 1 heterocycles. The Morgan fingerprint density at radius 3 is 2.52 bits per heavy atom. The molecule has 1 aliphatic rings. The molecule has 0 aliphatic carbocycles. The van der Waals surface area contributed by atoms with E-state index in [2.05, 4.69) is 5.32 Å². The van der Waals surface area contributed by atoms with Crippen LogP contribution >= 0.6 is 11.6 Å². The van der Waals surface area contributed by atoms with E-state index in [4.69, 9.17) is 21.1 Å². The first-order valence-corrected chi connectivity index (χ1v) is 6.63. The Balaban J connectivity index is 2.43. The van der Waals surface area contributed by atoms with Crippen LogP contribution in [0.1, 0.15) is 19.4 Å². The fraction of sp³-hybridized carbons (Fsp3) is 0.286. The average molecular weight is 312 g/mol. The van der Waals surface area contributed by atoms with Crippen molar-refractivity contribution < 1.29 is 24.2 Å². The molecule has 21 heavy (non-hydrogen) atoms. The number of amides is 1. The predicted molar refractivity (Wildman–Crippen MR) is 74.7 cm³/mol. The van der Waals surface area contributed by atoms with Crippen molar-refractivity contribution in [1.29, 1.82) is 0 Å². The molecule has 1 amide bonds. The van der Waals surface area contributed by atoms with Gasteiger partial charge in [-0.3, -0.25) is 10.1 Å². The van der Waals surface area contributed by atoms with Crippen LogP contribution in [-0.4, -0.2) is 23.6 Å². The van der Waals surface area contributed by atoms with Crippen molar-refractivity contribution in [3.8, 4) is 0 Å². The van der Waals surface area contributed by atoms with Crippen LogP contribution in [0.4, 0.5) is 4.79 Å². The monoisotopic (exact) mass is 311 g/mol. The van der Waals surface area contributed by atoms with Crippen LogP contribution in [0.15, 0.2) is 35.8 Å². The van der Waals surface area contributed by atoms with Crippen molar-refractivity contribution in [2.45, 2.75) is 19.6 Å². The van der Waals surface area contributed by atoms with E-state index in [9.17, 15) is 14.7 Å². The summed E-state index contributed by atoms with van der Waals surface area (Å²) in [7, 11) is 0. The van der Waals surface area contributed by atoms with Crippen molar-refractivity contribution in [3.63, 3.8) is 0 Å². The first-order chi connectivity index (χ1) is 9.90. The van der Waals surface area contributed by atoms with E-state index in [-0.39, 0.29) is 12.4 Å². The molecule has 1 atom stereocenters. The van der Waals surface area contributed by atoms with E-state index in [1.807, 2.05) is 0 Å². The molecule has 1 aliphatic heterocycles. The van der Waals surface area contributed by atoms with E-state index in [0.29, 0.717) is 10.6 Å². The number of carbonyl (C=O) groups excluding carboxylic acids is 2. The summed E-state index contributed by atoms with van der Waals surface area (Å²) < 4.78 is 10.2. The molecule has 0 spiro atoms. The number of aliphatic hydroxyl groups excluding tert-OH is 1. The summed E-state index contributed by atoms with van der Waals surface area (Å²) in [5.74, 6) is -1.29. The third kappa shape index (κ3) is 2.67. The second kappa shape index (κ2) is 5.65. The number of ether oxygens (including phenoxy) is 2. The molecule has 1 unspecified atom stereocenters. The van der Waals surface area contributed by atoms with E-state index < -0.39 is 23.4 Å². The molecule has 0 bridgehead atoms. The molecule has 0 saturated heterocycles. The quantitative estimate of drug-likeness (QED) is 0.896. The normalized spacial score (nSPS) is 21.2. The topological polar surface area (TPSA) is 84.9 Å². The van der Waals surface area contributed by atoms with Crippen molar-refractivity contribution in [2.24, 2.45) is 0 Å². The van der Waals surface area contributed by atoms with Gasteiger partial charge in [0.1, 0.15) is 5.76 Å². The Morgan fingerprint density at radius 1 is 1.43 bits per heavy atom. The van der Waals surface area contributed by atoms with Crippen LogP contribution in [0.5, 0.6) is 0 Å². The third-order valence-corrected chi connectivity index (χ3v) is 3.23. The molecule has 6 nitrogen and oxygen atoms in total. The summed E-state index contributed by atoms with van der Waals surface area (Å²) >= 11 is 5.82. The van der Waals surface area contributed by atoms with Gasteiger partial charge in [-0.1, -0.05) is 23.7 Å². The van der Waals surface area contributed by atoms with Crippen molar-refractivity contribution in [1.82, 2.24) is 5.32 Å². The van der Waals surface area contributed by atoms with Crippen LogP contribution in [0.25, 0.3) is 0 Å². The lowest BCUT2D eigenvalue weighted by Crippen LogP contribution is -2.51. The van der Waals surface area contributed by atoms with E-state index in [1.54, 1.807) is 19.1 Å². The lowest BCUT2D eigenvalue weighted by molar-refractivity contribution is -0.136. The highest BCUT2D eigenvalue weighted by molar-refractivity contribution is 6.30. The SMILES string of the molecule is CCOC(=O)NC1(c2ccc(Cl)cc2)OC(C)=C(O)C1=O. The highest BCUT2D eigenvalue weighted by atomic mass is 35.5. The summed E-state index contributed by atoms with van der Waals surface area (Å²) in [4.78, 5) is 24.0. The third-order valence-electron chi connectivity index (χ3n) is 2.98. The molecular formula is C14H14ClNO5. The second-order valence-corrected chi connectivity index (χ2v) is 4.81. The molecule has 0 fully saturated rings. The van der Waals surface area contributed by atoms with Gasteiger partial charge in [0, 0.05) is 10.6 Å². The first-order valence-electron chi connectivity index (χ1n) is 6.25. The number of Topliss-reactive ketones (excluding diaryl/α,β-unsaturated/α-hetero) is 1. The fourth-order valence-electron chi connectivity index (χ4n) is 1.99. The zero-order valence-corrected chi connectivity index (χ0v) is 12.2. The molecule has 0 saturated carbocycles. The average Bonchev–Trinajstić information content (AvgIpc) is 2.65. The number of halogens is 1.